The van der Waals surface area contributed by atoms with Crippen LogP contribution in [0.1, 0.15) is 29.8 Å². The number of carbonyl (C=O) groups is 1. The zero-order valence-corrected chi connectivity index (χ0v) is 12.1. The second-order valence-corrected chi connectivity index (χ2v) is 5.03. The Morgan fingerprint density at radius 1 is 0.950 bits per heavy atom. The number of ketones is 1. The highest BCUT2D eigenvalue weighted by atomic mass is 16.3. The first-order chi connectivity index (χ1) is 9.63. The SMILES string of the molecule is CC(C)CO.O=C(Cc1ccccc1)c1ccccc1. The van der Waals surface area contributed by atoms with Gasteiger partial charge in [-0.1, -0.05) is 74.5 Å². The predicted octanol–water partition coefficient (Wildman–Crippen LogP) is 3.75. The topological polar surface area (TPSA) is 37.3 Å². The Bertz CT molecular complexity index is 489. The van der Waals surface area contributed by atoms with Crippen LogP contribution in [0.15, 0.2) is 60.7 Å². The van der Waals surface area contributed by atoms with Crippen LogP contribution < -0.4 is 0 Å². The summed E-state index contributed by atoms with van der Waals surface area (Å²) in [6.45, 7) is 4.25. The molecule has 0 bridgehead atoms. The number of aliphatic hydroxyl groups is 1. The van der Waals surface area contributed by atoms with Crippen molar-refractivity contribution >= 4 is 5.78 Å². The molecule has 0 saturated carbocycles. The van der Waals surface area contributed by atoms with Crippen molar-refractivity contribution < 1.29 is 9.90 Å². The minimum Gasteiger partial charge on any atom is -0.396 e. The van der Waals surface area contributed by atoms with Crippen molar-refractivity contribution in [2.75, 3.05) is 6.61 Å². The van der Waals surface area contributed by atoms with Crippen LogP contribution in [-0.4, -0.2) is 17.5 Å². The van der Waals surface area contributed by atoms with Gasteiger partial charge < -0.3 is 5.11 Å². The van der Waals surface area contributed by atoms with Gasteiger partial charge in [0.25, 0.3) is 0 Å². The van der Waals surface area contributed by atoms with Crippen molar-refractivity contribution in [3.63, 3.8) is 0 Å². The molecule has 2 aromatic rings. The Hall–Kier alpha value is -1.93. The zero-order chi connectivity index (χ0) is 14.8. The molecule has 0 spiro atoms. The van der Waals surface area contributed by atoms with Crippen LogP contribution in [0.4, 0.5) is 0 Å². The third-order valence-electron chi connectivity index (χ3n) is 2.67. The van der Waals surface area contributed by atoms with E-state index in [1.165, 1.54) is 0 Å². The molecule has 0 saturated heterocycles. The van der Waals surface area contributed by atoms with E-state index < -0.39 is 0 Å². The highest BCUT2D eigenvalue weighted by molar-refractivity contribution is 5.97. The summed E-state index contributed by atoms with van der Waals surface area (Å²) in [7, 11) is 0. The van der Waals surface area contributed by atoms with Crippen LogP contribution in [0.25, 0.3) is 0 Å². The average Bonchev–Trinajstić information content (AvgIpc) is 2.49. The smallest absolute Gasteiger partial charge is 0.167 e. The molecule has 0 radical (unpaired) electrons. The van der Waals surface area contributed by atoms with Crippen LogP contribution >= 0.6 is 0 Å². The lowest BCUT2D eigenvalue weighted by Gasteiger charge is -2.00. The molecule has 0 aliphatic carbocycles. The quantitative estimate of drug-likeness (QED) is 0.859. The van der Waals surface area contributed by atoms with Crippen molar-refractivity contribution in [3.05, 3.63) is 71.8 Å². The molecule has 0 amide bonds. The van der Waals surface area contributed by atoms with Crippen LogP contribution in [-0.2, 0) is 6.42 Å². The third-order valence-corrected chi connectivity index (χ3v) is 2.67. The Balaban J connectivity index is 0.000000347. The fourth-order valence-electron chi connectivity index (χ4n) is 1.51. The largest absolute Gasteiger partial charge is 0.396 e. The monoisotopic (exact) mass is 270 g/mol. The molecule has 0 heterocycles. The average molecular weight is 270 g/mol. The van der Waals surface area contributed by atoms with E-state index in [1.807, 2.05) is 74.5 Å². The summed E-state index contributed by atoms with van der Waals surface area (Å²) in [5, 5.41) is 8.14. The van der Waals surface area contributed by atoms with Crippen molar-refractivity contribution in [1.29, 1.82) is 0 Å². The van der Waals surface area contributed by atoms with Crippen molar-refractivity contribution in [3.8, 4) is 0 Å². The van der Waals surface area contributed by atoms with Gasteiger partial charge in [-0.25, -0.2) is 0 Å². The lowest BCUT2D eigenvalue weighted by Crippen LogP contribution is -2.02. The number of hydrogen-bond donors (Lipinski definition) is 1. The summed E-state index contributed by atoms with van der Waals surface area (Å²) < 4.78 is 0. The zero-order valence-electron chi connectivity index (χ0n) is 12.1. The molecule has 2 heteroatoms. The number of hydrogen-bond acceptors (Lipinski definition) is 2. The Kier molecular flexibility index (Phi) is 7.30. The fourth-order valence-corrected chi connectivity index (χ4v) is 1.51. The van der Waals surface area contributed by atoms with Crippen molar-refractivity contribution in [1.82, 2.24) is 0 Å². The summed E-state index contributed by atoms with van der Waals surface area (Å²) in [4.78, 5) is 11.8. The maximum atomic E-state index is 11.8. The highest BCUT2D eigenvalue weighted by Gasteiger charge is 2.05. The number of benzene rings is 2. The lowest BCUT2D eigenvalue weighted by atomic mass is 10.0. The molecular weight excluding hydrogens is 248 g/mol. The number of Topliss-reactive ketones (excluding diaryl/α,β-unsaturated/α-hetero) is 1. The number of aliphatic hydroxyl groups excluding tert-OH is 1. The molecule has 0 aliphatic rings. The van der Waals surface area contributed by atoms with E-state index >= 15 is 0 Å². The van der Waals surface area contributed by atoms with Gasteiger partial charge in [-0.3, -0.25) is 4.79 Å². The second-order valence-electron chi connectivity index (χ2n) is 5.03. The molecule has 1 N–H and O–H groups in total. The molecule has 106 valence electrons. The summed E-state index contributed by atoms with van der Waals surface area (Å²) in [6.07, 6.45) is 0.477. The van der Waals surface area contributed by atoms with E-state index in [0.29, 0.717) is 18.9 Å². The predicted molar refractivity (Wildman–Crippen MR) is 82.8 cm³/mol. The molecular formula is C18H22O2. The molecule has 0 atom stereocenters. The van der Waals surface area contributed by atoms with E-state index in [0.717, 1.165) is 11.1 Å². The van der Waals surface area contributed by atoms with E-state index in [4.69, 9.17) is 5.11 Å². The second kappa shape index (κ2) is 9.05. The van der Waals surface area contributed by atoms with Crippen LogP contribution in [0.2, 0.25) is 0 Å². The molecule has 2 aromatic carbocycles. The normalized spacial score (nSPS) is 9.80. The molecule has 20 heavy (non-hydrogen) atoms. The summed E-state index contributed by atoms with van der Waals surface area (Å²) in [5.41, 5.74) is 1.84. The van der Waals surface area contributed by atoms with Gasteiger partial charge in [-0.2, -0.15) is 0 Å². The first-order valence-corrected chi connectivity index (χ1v) is 6.86. The van der Waals surface area contributed by atoms with E-state index in [1.54, 1.807) is 0 Å². The minimum atomic E-state index is 0.168. The van der Waals surface area contributed by atoms with Gasteiger partial charge in [0.2, 0.25) is 0 Å². The molecule has 0 aromatic heterocycles. The van der Waals surface area contributed by atoms with Gasteiger partial charge in [0, 0.05) is 18.6 Å². The highest BCUT2D eigenvalue weighted by Crippen LogP contribution is 2.06. The van der Waals surface area contributed by atoms with E-state index in [2.05, 4.69) is 0 Å². The van der Waals surface area contributed by atoms with Gasteiger partial charge in [0.05, 0.1) is 0 Å². The van der Waals surface area contributed by atoms with Crippen LogP contribution in [0.5, 0.6) is 0 Å². The summed E-state index contributed by atoms with van der Waals surface area (Å²) >= 11 is 0. The minimum absolute atomic E-state index is 0.168. The Morgan fingerprint density at radius 2 is 1.40 bits per heavy atom. The molecule has 2 rings (SSSR count). The molecule has 2 nitrogen and oxygen atoms in total. The van der Waals surface area contributed by atoms with Gasteiger partial charge in [0.1, 0.15) is 0 Å². The fraction of sp³-hybridized carbons (Fsp3) is 0.278. The number of rotatable bonds is 4. The first kappa shape index (κ1) is 16.1. The van der Waals surface area contributed by atoms with Crippen LogP contribution in [0, 0.1) is 5.92 Å². The van der Waals surface area contributed by atoms with Gasteiger partial charge in [-0.05, 0) is 11.5 Å². The maximum Gasteiger partial charge on any atom is 0.167 e. The van der Waals surface area contributed by atoms with Crippen LogP contribution in [0.3, 0.4) is 0 Å². The lowest BCUT2D eigenvalue weighted by molar-refractivity contribution is 0.0993. The van der Waals surface area contributed by atoms with E-state index in [9.17, 15) is 4.79 Å². The maximum absolute atomic E-state index is 11.8. The first-order valence-electron chi connectivity index (χ1n) is 6.86. The molecule has 0 unspecified atom stereocenters. The van der Waals surface area contributed by atoms with Crippen molar-refractivity contribution in [2.24, 2.45) is 5.92 Å². The Morgan fingerprint density at radius 3 is 1.85 bits per heavy atom. The Labute approximate surface area is 121 Å². The van der Waals surface area contributed by atoms with Gasteiger partial charge in [0.15, 0.2) is 5.78 Å². The molecule has 0 aliphatic heterocycles. The summed E-state index contributed by atoms with van der Waals surface area (Å²) in [6, 6.07) is 19.2. The van der Waals surface area contributed by atoms with Crippen molar-refractivity contribution in [2.45, 2.75) is 20.3 Å². The molecule has 0 fully saturated rings. The third kappa shape index (κ3) is 6.30. The van der Waals surface area contributed by atoms with Gasteiger partial charge in [-0.15, -0.1) is 0 Å². The standard InChI is InChI=1S/C14H12O.C4H10O/c15-14(13-9-5-2-6-10-13)11-12-7-3-1-4-8-12;1-4(2)3-5/h1-10H,11H2;4-5H,3H2,1-2H3. The van der Waals surface area contributed by atoms with Gasteiger partial charge >= 0.3 is 0 Å². The number of carbonyl (C=O) groups excluding carboxylic acids is 1. The summed E-state index contributed by atoms with van der Waals surface area (Å²) in [5.74, 6) is 0.608. The van der Waals surface area contributed by atoms with E-state index in [-0.39, 0.29) is 5.78 Å².